The number of aliphatic hydroxyl groups is 1. The Balaban J connectivity index is 2.78. The van der Waals surface area contributed by atoms with Gasteiger partial charge in [0, 0.05) is 12.3 Å². The first kappa shape index (κ1) is 14.4. The predicted octanol–water partition coefficient (Wildman–Crippen LogP) is 3.49. The molecule has 1 N–H and O–H groups in total. The highest BCUT2D eigenvalue weighted by Crippen LogP contribution is 2.30. The molecule has 0 heterocycles. The molecule has 0 radical (unpaired) electrons. The number of rotatable bonds is 1. The van der Waals surface area contributed by atoms with Crippen LogP contribution in [-0.2, 0) is 4.79 Å². The first-order chi connectivity index (χ1) is 7.80. The number of ketones is 1. The van der Waals surface area contributed by atoms with Gasteiger partial charge in [-0.2, -0.15) is 0 Å². The Labute approximate surface area is 105 Å². The van der Waals surface area contributed by atoms with Crippen LogP contribution in [0.4, 0.5) is 0 Å². The van der Waals surface area contributed by atoms with Crippen LogP contribution < -0.4 is 0 Å². The molecule has 0 amide bonds. The third kappa shape index (κ3) is 4.63. The van der Waals surface area contributed by atoms with Crippen LogP contribution in [0, 0.1) is 11.8 Å². The molecule has 0 saturated heterocycles. The molecule has 17 heavy (non-hydrogen) atoms. The van der Waals surface area contributed by atoms with Crippen molar-refractivity contribution in [2.45, 2.75) is 65.4 Å². The fourth-order valence-electron chi connectivity index (χ4n) is 2.44. The summed E-state index contributed by atoms with van der Waals surface area (Å²) < 4.78 is 0. The van der Waals surface area contributed by atoms with E-state index in [-0.39, 0.29) is 5.92 Å². The molecule has 0 aliphatic heterocycles. The van der Waals surface area contributed by atoms with Gasteiger partial charge in [-0.15, -0.1) is 0 Å². The zero-order valence-electron chi connectivity index (χ0n) is 11.6. The maximum absolute atomic E-state index is 11.8. The maximum atomic E-state index is 11.8. The van der Waals surface area contributed by atoms with Crippen molar-refractivity contribution in [1.29, 1.82) is 0 Å². The van der Waals surface area contributed by atoms with Crippen LogP contribution in [0.15, 0.2) is 11.6 Å². The van der Waals surface area contributed by atoms with Crippen molar-refractivity contribution in [2.75, 3.05) is 0 Å². The van der Waals surface area contributed by atoms with Crippen molar-refractivity contribution >= 4 is 5.78 Å². The summed E-state index contributed by atoms with van der Waals surface area (Å²) in [5, 5.41) is 10.2. The predicted molar refractivity (Wildman–Crippen MR) is 70.8 cm³/mol. The lowest BCUT2D eigenvalue weighted by atomic mass is 9.79. The SMILES string of the molecule is C/C1=C\CC(=O)[C@H](C)CC[C@H](C(C)(C)O)CC1. The van der Waals surface area contributed by atoms with Crippen molar-refractivity contribution in [3.8, 4) is 0 Å². The van der Waals surface area contributed by atoms with Crippen LogP contribution in [0.5, 0.6) is 0 Å². The van der Waals surface area contributed by atoms with E-state index in [1.807, 2.05) is 20.8 Å². The highest BCUT2D eigenvalue weighted by atomic mass is 16.3. The molecule has 2 atom stereocenters. The fraction of sp³-hybridized carbons (Fsp3) is 0.800. The third-order valence-electron chi connectivity index (χ3n) is 4.04. The minimum atomic E-state index is -0.637. The van der Waals surface area contributed by atoms with E-state index >= 15 is 0 Å². The third-order valence-corrected chi connectivity index (χ3v) is 4.04. The Bertz CT molecular complexity index is 297. The molecular formula is C15H26O2. The van der Waals surface area contributed by atoms with Crippen LogP contribution in [0.2, 0.25) is 0 Å². The van der Waals surface area contributed by atoms with Crippen molar-refractivity contribution in [2.24, 2.45) is 11.8 Å². The quantitative estimate of drug-likeness (QED) is 0.710. The van der Waals surface area contributed by atoms with Gasteiger partial charge in [0.15, 0.2) is 0 Å². The van der Waals surface area contributed by atoms with E-state index < -0.39 is 5.60 Å². The summed E-state index contributed by atoms with van der Waals surface area (Å²) in [6, 6.07) is 0. The van der Waals surface area contributed by atoms with Crippen LogP contribution in [0.25, 0.3) is 0 Å². The second-order valence-corrected chi connectivity index (χ2v) is 6.09. The first-order valence-corrected chi connectivity index (χ1v) is 6.71. The summed E-state index contributed by atoms with van der Waals surface area (Å²) in [7, 11) is 0. The van der Waals surface area contributed by atoms with Gasteiger partial charge in [-0.25, -0.2) is 0 Å². The molecule has 1 aliphatic carbocycles. The molecule has 2 nitrogen and oxygen atoms in total. The number of carbonyl (C=O) groups excluding carboxylic acids is 1. The van der Waals surface area contributed by atoms with Crippen LogP contribution >= 0.6 is 0 Å². The van der Waals surface area contributed by atoms with Gasteiger partial charge in [0.2, 0.25) is 0 Å². The number of hydrogen-bond donors (Lipinski definition) is 1. The molecule has 0 unspecified atom stereocenters. The van der Waals surface area contributed by atoms with Crippen molar-refractivity contribution < 1.29 is 9.90 Å². The molecule has 98 valence electrons. The van der Waals surface area contributed by atoms with E-state index in [0.29, 0.717) is 18.1 Å². The van der Waals surface area contributed by atoms with Gasteiger partial charge in [-0.1, -0.05) is 18.6 Å². The molecule has 0 fully saturated rings. The average Bonchev–Trinajstić information content (AvgIpc) is 2.22. The second-order valence-electron chi connectivity index (χ2n) is 6.09. The summed E-state index contributed by atoms with van der Waals surface area (Å²) in [5.74, 6) is 0.752. The van der Waals surface area contributed by atoms with Crippen molar-refractivity contribution in [1.82, 2.24) is 0 Å². The standard InChI is InChI=1S/C15H26O2/c1-11-5-8-13(15(3,4)17)9-7-12(2)14(16)10-6-11/h6,12-13,17H,5,7-10H2,1-4H3/b11-6+/t12-,13-/m1/s1. The molecule has 0 spiro atoms. The lowest BCUT2D eigenvalue weighted by Gasteiger charge is -2.31. The van der Waals surface area contributed by atoms with E-state index in [9.17, 15) is 9.90 Å². The minimum Gasteiger partial charge on any atom is -0.390 e. The highest BCUT2D eigenvalue weighted by Gasteiger charge is 2.27. The van der Waals surface area contributed by atoms with Crippen LogP contribution in [0.3, 0.4) is 0 Å². The van der Waals surface area contributed by atoms with Gasteiger partial charge < -0.3 is 5.11 Å². The minimum absolute atomic E-state index is 0.127. The molecule has 0 aromatic rings. The normalized spacial score (nSPS) is 31.8. The van der Waals surface area contributed by atoms with Crippen molar-refractivity contribution in [3.05, 3.63) is 11.6 Å². The Morgan fingerprint density at radius 1 is 1.29 bits per heavy atom. The number of Topliss-reactive ketones (excluding diaryl/α,β-unsaturated/α-hetero) is 1. The number of carbonyl (C=O) groups is 1. The summed E-state index contributed by atoms with van der Waals surface area (Å²) in [5.41, 5.74) is 0.643. The summed E-state index contributed by atoms with van der Waals surface area (Å²) in [6.45, 7) is 7.86. The van der Waals surface area contributed by atoms with Gasteiger partial charge in [0.05, 0.1) is 5.60 Å². The lowest BCUT2D eigenvalue weighted by Crippen LogP contribution is -2.31. The lowest BCUT2D eigenvalue weighted by molar-refractivity contribution is -0.122. The topological polar surface area (TPSA) is 37.3 Å². The van der Waals surface area contributed by atoms with E-state index in [0.717, 1.165) is 25.7 Å². The van der Waals surface area contributed by atoms with Gasteiger partial charge >= 0.3 is 0 Å². The second kappa shape index (κ2) is 5.81. The molecular weight excluding hydrogens is 212 g/mol. The molecule has 0 bridgehead atoms. The smallest absolute Gasteiger partial charge is 0.139 e. The molecule has 0 aromatic heterocycles. The van der Waals surface area contributed by atoms with E-state index in [1.165, 1.54) is 5.57 Å². The Morgan fingerprint density at radius 3 is 2.53 bits per heavy atom. The van der Waals surface area contributed by atoms with E-state index in [2.05, 4.69) is 13.0 Å². The molecule has 1 rings (SSSR count). The summed E-state index contributed by atoms with van der Waals surface area (Å²) >= 11 is 0. The first-order valence-electron chi connectivity index (χ1n) is 6.71. The number of hydrogen-bond acceptors (Lipinski definition) is 2. The van der Waals surface area contributed by atoms with Gasteiger partial charge in [0.1, 0.15) is 5.78 Å². The Kier molecular flexibility index (Phi) is 4.93. The van der Waals surface area contributed by atoms with Crippen molar-refractivity contribution in [3.63, 3.8) is 0 Å². The van der Waals surface area contributed by atoms with Gasteiger partial charge in [-0.3, -0.25) is 4.79 Å². The van der Waals surface area contributed by atoms with E-state index in [1.54, 1.807) is 0 Å². The summed E-state index contributed by atoms with van der Waals surface area (Å²) in [6.07, 6.45) is 6.51. The Hall–Kier alpha value is -0.630. The molecule has 0 aromatic carbocycles. The monoisotopic (exact) mass is 238 g/mol. The van der Waals surface area contributed by atoms with Gasteiger partial charge in [0.25, 0.3) is 0 Å². The molecule has 1 aliphatic rings. The van der Waals surface area contributed by atoms with Crippen LogP contribution in [-0.4, -0.2) is 16.5 Å². The van der Waals surface area contributed by atoms with Gasteiger partial charge in [-0.05, 0) is 52.4 Å². The average molecular weight is 238 g/mol. The summed E-state index contributed by atoms with van der Waals surface area (Å²) in [4.78, 5) is 11.8. The highest BCUT2D eigenvalue weighted by molar-refractivity contribution is 5.82. The largest absolute Gasteiger partial charge is 0.390 e. The fourth-order valence-corrected chi connectivity index (χ4v) is 2.44. The number of allylic oxidation sites excluding steroid dienone is 2. The van der Waals surface area contributed by atoms with Crippen LogP contribution in [0.1, 0.15) is 59.8 Å². The molecule has 0 saturated carbocycles. The zero-order valence-corrected chi connectivity index (χ0v) is 11.6. The van der Waals surface area contributed by atoms with E-state index in [4.69, 9.17) is 0 Å². The molecule has 2 heteroatoms. The zero-order chi connectivity index (χ0) is 13.1. The Morgan fingerprint density at radius 2 is 1.94 bits per heavy atom. The maximum Gasteiger partial charge on any atom is 0.139 e.